The fraction of sp³-hybridized carbons (Fsp3) is 0.400. The monoisotopic (exact) mass is 232 g/mol. The van der Waals surface area contributed by atoms with Gasteiger partial charge in [-0.3, -0.25) is 0 Å². The quantitative estimate of drug-likeness (QED) is 0.781. The first-order chi connectivity index (χ1) is 6.63. The minimum atomic E-state index is -0.560. The summed E-state index contributed by atoms with van der Waals surface area (Å²) in [5.74, 6) is 0.974. The molecule has 0 saturated carbocycles. The average molecular weight is 233 g/mol. The van der Waals surface area contributed by atoms with Crippen LogP contribution in [0.5, 0.6) is 5.75 Å². The van der Waals surface area contributed by atoms with E-state index in [4.69, 9.17) is 16.3 Å². The van der Waals surface area contributed by atoms with Gasteiger partial charge in [-0.2, -0.15) is 12.6 Å². The van der Waals surface area contributed by atoms with Gasteiger partial charge in [0.05, 0.1) is 11.1 Å². The van der Waals surface area contributed by atoms with Gasteiger partial charge in [0, 0.05) is 5.75 Å². The molecule has 0 amide bonds. The number of hydrogen-bond acceptors (Lipinski definition) is 3. The molecule has 1 aromatic carbocycles. The van der Waals surface area contributed by atoms with Gasteiger partial charge in [0.25, 0.3) is 0 Å². The van der Waals surface area contributed by atoms with Crippen molar-refractivity contribution in [2.45, 2.75) is 13.0 Å². The summed E-state index contributed by atoms with van der Waals surface area (Å²) >= 11 is 9.87. The number of ether oxygens (including phenoxy) is 1. The van der Waals surface area contributed by atoms with Crippen LogP contribution in [0.1, 0.15) is 5.56 Å². The summed E-state index contributed by atoms with van der Waals surface area (Å²) in [6, 6.07) is 5.53. The number of thiol groups is 1. The molecule has 2 nitrogen and oxygen atoms in total. The molecule has 0 bridgehead atoms. The summed E-state index contributed by atoms with van der Waals surface area (Å²) < 4.78 is 5.31. The lowest BCUT2D eigenvalue weighted by atomic mass is 10.2. The molecule has 0 radical (unpaired) electrons. The van der Waals surface area contributed by atoms with Crippen molar-refractivity contribution in [1.29, 1.82) is 0 Å². The van der Waals surface area contributed by atoms with E-state index in [1.54, 1.807) is 6.07 Å². The van der Waals surface area contributed by atoms with Gasteiger partial charge in [-0.05, 0) is 24.6 Å². The number of benzene rings is 1. The number of aryl methyl sites for hydroxylation is 1. The molecule has 1 unspecified atom stereocenters. The number of aliphatic hydroxyl groups is 1. The van der Waals surface area contributed by atoms with Crippen LogP contribution in [0.15, 0.2) is 18.2 Å². The van der Waals surface area contributed by atoms with Crippen LogP contribution in [0, 0.1) is 6.92 Å². The van der Waals surface area contributed by atoms with Gasteiger partial charge in [-0.25, -0.2) is 0 Å². The molecule has 78 valence electrons. The number of rotatable bonds is 4. The maximum atomic E-state index is 9.22. The van der Waals surface area contributed by atoms with E-state index < -0.39 is 6.10 Å². The third-order valence-electron chi connectivity index (χ3n) is 1.73. The van der Waals surface area contributed by atoms with Crippen molar-refractivity contribution in [2.24, 2.45) is 0 Å². The van der Waals surface area contributed by atoms with Gasteiger partial charge < -0.3 is 9.84 Å². The van der Waals surface area contributed by atoms with E-state index >= 15 is 0 Å². The maximum Gasteiger partial charge on any atom is 0.138 e. The first-order valence-electron chi connectivity index (χ1n) is 4.31. The van der Waals surface area contributed by atoms with Crippen LogP contribution in [0.3, 0.4) is 0 Å². The second-order valence-electron chi connectivity index (χ2n) is 3.08. The van der Waals surface area contributed by atoms with Crippen molar-refractivity contribution in [3.63, 3.8) is 0 Å². The van der Waals surface area contributed by atoms with Crippen LogP contribution in [0.4, 0.5) is 0 Å². The van der Waals surface area contributed by atoms with Gasteiger partial charge in [0.1, 0.15) is 12.4 Å². The standard InChI is InChI=1S/C10H13ClO2S/c1-7-2-3-10(9(11)4-7)13-5-8(12)6-14/h2-4,8,12,14H,5-6H2,1H3. The highest BCUT2D eigenvalue weighted by Crippen LogP contribution is 2.25. The van der Waals surface area contributed by atoms with Crippen molar-refractivity contribution in [3.05, 3.63) is 28.8 Å². The molecule has 0 saturated heterocycles. The predicted molar refractivity (Wildman–Crippen MR) is 61.5 cm³/mol. The van der Waals surface area contributed by atoms with E-state index in [2.05, 4.69) is 12.6 Å². The Kier molecular flexibility index (Phi) is 4.58. The minimum Gasteiger partial charge on any atom is -0.489 e. The molecule has 0 aromatic heterocycles. The van der Waals surface area contributed by atoms with Crippen molar-refractivity contribution in [3.8, 4) is 5.75 Å². The molecule has 1 rings (SSSR count). The Balaban J connectivity index is 2.59. The van der Waals surface area contributed by atoms with Crippen molar-refractivity contribution in [2.75, 3.05) is 12.4 Å². The molecule has 0 heterocycles. The van der Waals surface area contributed by atoms with Gasteiger partial charge in [-0.15, -0.1) is 0 Å². The molecule has 0 aliphatic rings. The number of halogens is 1. The lowest BCUT2D eigenvalue weighted by molar-refractivity contribution is 0.126. The molecule has 1 N–H and O–H groups in total. The van der Waals surface area contributed by atoms with E-state index in [0.29, 0.717) is 16.5 Å². The number of hydrogen-bond donors (Lipinski definition) is 2. The first-order valence-corrected chi connectivity index (χ1v) is 5.32. The Labute approximate surface area is 94.3 Å². The van der Waals surface area contributed by atoms with Crippen LogP contribution in [0.2, 0.25) is 5.02 Å². The highest BCUT2D eigenvalue weighted by atomic mass is 35.5. The van der Waals surface area contributed by atoms with Crippen LogP contribution in [0.25, 0.3) is 0 Å². The fourth-order valence-electron chi connectivity index (χ4n) is 0.962. The molecule has 1 aromatic rings. The Morgan fingerprint density at radius 1 is 1.57 bits per heavy atom. The van der Waals surface area contributed by atoms with Crippen molar-refractivity contribution < 1.29 is 9.84 Å². The molecule has 14 heavy (non-hydrogen) atoms. The van der Waals surface area contributed by atoms with E-state index in [1.165, 1.54) is 0 Å². The molecule has 0 aliphatic carbocycles. The Bertz CT molecular complexity index is 304. The highest BCUT2D eigenvalue weighted by Gasteiger charge is 2.05. The molecule has 1 atom stereocenters. The lowest BCUT2D eigenvalue weighted by Gasteiger charge is -2.11. The third-order valence-corrected chi connectivity index (χ3v) is 2.45. The predicted octanol–water partition coefficient (Wildman–Crippen LogP) is 2.32. The Morgan fingerprint density at radius 3 is 2.86 bits per heavy atom. The Morgan fingerprint density at radius 2 is 2.29 bits per heavy atom. The number of aliphatic hydroxyl groups excluding tert-OH is 1. The smallest absolute Gasteiger partial charge is 0.138 e. The van der Waals surface area contributed by atoms with Crippen LogP contribution in [-0.2, 0) is 0 Å². The summed E-state index contributed by atoms with van der Waals surface area (Å²) in [6.45, 7) is 2.17. The van der Waals surface area contributed by atoms with E-state index in [0.717, 1.165) is 5.56 Å². The van der Waals surface area contributed by atoms with Gasteiger partial charge >= 0.3 is 0 Å². The largest absolute Gasteiger partial charge is 0.489 e. The Hall–Kier alpha value is -0.380. The minimum absolute atomic E-state index is 0.215. The molecule has 4 heteroatoms. The molecule has 0 spiro atoms. The zero-order valence-corrected chi connectivity index (χ0v) is 9.55. The summed E-state index contributed by atoms with van der Waals surface area (Å²) in [5, 5.41) is 9.79. The van der Waals surface area contributed by atoms with E-state index in [9.17, 15) is 5.11 Å². The average Bonchev–Trinajstić information content (AvgIpc) is 2.16. The molecule has 0 fully saturated rings. The van der Waals surface area contributed by atoms with E-state index in [1.807, 2.05) is 19.1 Å². The fourth-order valence-corrected chi connectivity index (χ4v) is 1.36. The normalized spacial score (nSPS) is 12.6. The topological polar surface area (TPSA) is 29.5 Å². The van der Waals surface area contributed by atoms with E-state index in [-0.39, 0.29) is 6.61 Å². The third kappa shape index (κ3) is 3.40. The van der Waals surface area contributed by atoms with Gasteiger partial charge in [0.2, 0.25) is 0 Å². The zero-order valence-electron chi connectivity index (χ0n) is 7.90. The second-order valence-corrected chi connectivity index (χ2v) is 3.85. The lowest BCUT2D eigenvalue weighted by Crippen LogP contribution is -2.18. The van der Waals surface area contributed by atoms with Gasteiger partial charge in [-0.1, -0.05) is 17.7 Å². The summed E-state index contributed by atoms with van der Waals surface area (Å²) in [5.41, 5.74) is 1.08. The van der Waals surface area contributed by atoms with Crippen LogP contribution < -0.4 is 4.74 Å². The SMILES string of the molecule is Cc1ccc(OCC(O)CS)c(Cl)c1. The molecular formula is C10H13ClO2S. The second kappa shape index (κ2) is 5.49. The summed E-state index contributed by atoms with van der Waals surface area (Å²) in [6.07, 6.45) is -0.560. The molecular weight excluding hydrogens is 220 g/mol. The van der Waals surface area contributed by atoms with Crippen molar-refractivity contribution in [1.82, 2.24) is 0 Å². The van der Waals surface area contributed by atoms with Crippen LogP contribution in [-0.4, -0.2) is 23.6 Å². The first kappa shape index (κ1) is 11.7. The molecule has 0 aliphatic heterocycles. The van der Waals surface area contributed by atoms with Crippen molar-refractivity contribution >= 4 is 24.2 Å². The zero-order chi connectivity index (χ0) is 10.6. The van der Waals surface area contributed by atoms with Crippen LogP contribution >= 0.6 is 24.2 Å². The maximum absolute atomic E-state index is 9.22. The highest BCUT2D eigenvalue weighted by molar-refractivity contribution is 7.80. The summed E-state index contributed by atoms with van der Waals surface area (Å²) in [7, 11) is 0. The van der Waals surface area contributed by atoms with Gasteiger partial charge in [0.15, 0.2) is 0 Å². The summed E-state index contributed by atoms with van der Waals surface area (Å²) in [4.78, 5) is 0.